The van der Waals surface area contributed by atoms with Crippen molar-refractivity contribution in [1.29, 1.82) is 0 Å². The number of morpholine rings is 1. The summed E-state index contributed by atoms with van der Waals surface area (Å²) in [4.78, 5) is 7.27. The van der Waals surface area contributed by atoms with Gasteiger partial charge in [0.15, 0.2) is 5.96 Å². The fourth-order valence-electron chi connectivity index (χ4n) is 3.18. The van der Waals surface area contributed by atoms with Gasteiger partial charge in [-0.15, -0.1) is 0 Å². The van der Waals surface area contributed by atoms with Crippen LogP contribution in [-0.2, 0) is 14.2 Å². The zero-order valence-corrected chi connectivity index (χ0v) is 18.4. The molecule has 0 spiro atoms. The Bertz CT molecular complexity index is 597. The van der Waals surface area contributed by atoms with E-state index < -0.39 is 0 Å². The highest BCUT2D eigenvalue weighted by Gasteiger charge is 2.22. The van der Waals surface area contributed by atoms with Gasteiger partial charge in [0.1, 0.15) is 0 Å². The maximum absolute atomic E-state index is 6.25. The summed E-state index contributed by atoms with van der Waals surface area (Å²) in [6.45, 7) is 9.61. The van der Waals surface area contributed by atoms with Gasteiger partial charge in [0.2, 0.25) is 0 Å². The summed E-state index contributed by atoms with van der Waals surface area (Å²) in [5.74, 6) is 0.824. The van der Waals surface area contributed by atoms with Gasteiger partial charge in [-0.25, -0.2) is 0 Å². The summed E-state index contributed by atoms with van der Waals surface area (Å²) in [7, 11) is 1.68. The van der Waals surface area contributed by atoms with Gasteiger partial charge >= 0.3 is 0 Å². The minimum Gasteiger partial charge on any atom is -0.382 e. The second-order valence-corrected chi connectivity index (χ2v) is 7.26. The molecule has 7 nitrogen and oxygen atoms in total. The molecule has 8 heteroatoms. The lowest BCUT2D eigenvalue weighted by molar-refractivity contribution is 0.0180. The first kappa shape index (κ1) is 23.9. The summed E-state index contributed by atoms with van der Waals surface area (Å²) >= 11 is 6.25. The monoisotopic (exact) mass is 426 g/mol. The van der Waals surface area contributed by atoms with E-state index in [-0.39, 0.29) is 6.04 Å². The molecular weight excluding hydrogens is 392 g/mol. The molecule has 1 heterocycles. The zero-order valence-electron chi connectivity index (χ0n) is 17.7. The van der Waals surface area contributed by atoms with Crippen LogP contribution < -0.4 is 10.6 Å². The molecule has 1 fully saturated rings. The molecule has 1 aromatic rings. The van der Waals surface area contributed by atoms with Crippen LogP contribution in [0.3, 0.4) is 0 Å². The van der Waals surface area contributed by atoms with Gasteiger partial charge in [-0.3, -0.25) is 9.89 Å². The van der Waals surface area contributed by atoms with E-state index in [0.717, 1.165) is 56.8 Å². The molecule has 1 aromatic carbocycles. The Morgan fingerprint density at radius 2 is 2.07 bits per heavy atom. The number of hydrogen-bond acceptors (Lipinski definition) is 5. The Morgan fingerprint density at radius 1 is 1.24 bits per heavy atom. The second-order valence-electron chi connectivity index (χ2n) is 6.82. The highest BCUT2D eigenvalue weighted by Crippen LogP contribution is 2.24. The van der Waals surface area contributed by atoms with Crippen LogP contribution in [-0.4, -0.2) is 83.7 Å². The van der Waals surface area contributed by atoms with Crippen LogP contribution in [0.1, 0.15) is 24.9 Å². The maximum atomic E-state index is 6.25. The number of nitrogens with zero attached hydrogens (tertiary/aromatic N) is 2. The Hall–Kier alpha value is -1.38. The number of ether oxygens (including phenoxy) is 3. The molecule has 0 radical (unpaired) electrons. The summed E-state index contributed by atoms with van der Waals surface area (Å²) in [6.07, 6.45) is 0.912. The average Bonchev–Trinajstić information content (AvgIpc) is 2.74. The van der Waals surface area contributed by atoms with Crippen molar-refractivity contribution in [3.8, 4) is 0 Å². The van der Waals surface area contributed by atoms with E-state index >= 15 is 0 Å². The predicted molar refractivity (Wildman–Crippen MR) is 118 cm³/mol. The lowest BCUT2D eigenvalue weighted by Gasteiger charge is -2.34. The summed E-state index contributed by atoms with van der Waals surface area (Å²) in [6, 6.07) is 8.24. The molecule has 1 aliphatic rings. The van der Waals surface area contributed by atoms with Crippen molar-refractivity contribution in [1.82, 2.24) is 15.5 Å². The van der Waals surface area contributed by atoms with Crippen molar-refractivity contribution in [2.24, 2.45) is 4.99 Å². The molecule has 0 aliphatic carbocycles. The number of nitrogens with one attached hydrogen (secondary N) is 2. The molecular formula is C21H35ClN4O3. The first-order chi connectivity index (χ1) is 14.2. The number of halogens is 1. The fourth-order valence-corrected chi connectivity index (χ4v) is 3.38. The molecule has 1 aliphatic heterocycles. The molecule has 2 rings (SSSR count). The molecule has 1 saturated heterocycles. The standard InChI is InChI=1S/C21H35ClN4O3/c1-3-23-21(24-8-5-11-28-15-14-27-2)25-17-20(26-9-12-29-13-10-26)18-6-4-7-19(22)16-18/h4,6-7,16,20H,3,5,8-15,17H2,1-2H3,(H2,23,24,25). The Kier molecular flexibility index (Phi) is 12.0. The third-order valence-corrected chi connectivity index (χ3v) is 4.91. The van der Waals surface area contributed by atoms with Crippen LogP contribution in [0.5, 0.6) is 0 Å². The van der Waals surface area contributed by atoms with Gasteiger partial charge in [-0.1, -0.05) is 23.7 Å². The fraction of sp³-hybridized carbons (Fsp3) is 0.667. The van der Waals surface area contributed by atoms with Gasteiger partial charge in [0.25, 0.3) is 0 Å². The van der Waals surface area contributed by atoms with E-state index in [9.17, 15) is 0 Å². The van der Waals surface area contributed by atoms with Crippen LogP contribution in [0.15, 0.2) is 29.3 Å². The molecule has 29 heavy (non-hydrogen) atoms. The second kappa shape index (κ2) is 14.6. The van der Waals surface area contributed by atoms with Gasteiger partial charge in [-0.2, -0.15) is 0 Å². The van der Waals surface area contributed by atoms with Gasteiger partial charge < -0.3 is 24.8 Å². The number of benzene rings is 1. The third-order valence-electron chi connectivity index (χ3n) is 4.68. The molecule has 1 atom stereocenters. The lowest BCUT2D eigenvalue weighted by Crippen LogP contribution is -2.42. The molecule has 2 N–H and O–H groups in total. The van der Waals surface area contributed by atoms with Crippen molar-refractivity contribution >= 4 is 17.6 Å². The van der Waals surface area contributed by atoms with E-state index in [1.807, 2.05) is 18.2 Å². The quantitative estimate of drug-likeness (QED) is 0.304. The van der Waals surface area contributed by atoms with Crippen LogP contribution in [0.2, 0.25) is 5.02 Å². The molecule has 0 aromatic heterocycles. The third kappa shape index (κ3) is 9.31. The number of rotatable bonds is 12. The molecule has 0 saturated carbocycles. The molecule has 0 amide bonds. The normalized spacial score (nSPS) is 16.6. The summed E-state index contributed by atoms with van der Waals surface area (Å²) in [5.41, 5.74) is 1.19. The smallest absolute Gasteiger partial charge is 0.191 e. The molecule has 164 valence electrons. The first-order valence-corrected chi connectivity index (χ1v) is 10.8. The minimum absolute atomic E-state index is 0.172. The van der Waals surface area contributed by atoms with Crippen molar-refractivity contribution in [2.45, 2.75) is 19.4 Å². The Labute approximate surface area is 179 Å². The van der Waals surface area contributed by atoms with E-state index in [1.54, 1.807) is 7.11 Å². The number of methoxy groups -OCH3 is 1. The summed E-state index contributed by atoms with van der Waals surface area (Å²) < 4.78 is 16.0. The molecule has 0 bridgehead atoms. The lowest BCUT2D eigenvalue weighted by atomic mass is 10.0. The largest absolute Gasteiger partial charge is 0.382 e. The van der Waals surface area contributed by atoms with Crippen molar-refractivity contribution in [2.75, 3.05) is 72.9 Å². The van der Waals surface area contributed by atoms with Crippen LogP contribution >= 0.6 is 11.6 Å². The van der Waals surface area contributed by atoms with Gasteiger partial charge in [-0.05, 0) is 31.0 Å². The predicted octanol–water partition coefficient (Wildman–Crippen LogP) is 2.32. The topological polar surface area (TPSA) is 67.4 Å². The first-order valence-electron chi connectivity index (χ1n) is 10.4. The minimum atomic E-state index is 0.172. The number of hydrogen-bond donors (Lipinski definition) is 2. The van der Waals surface area contributed by atoms with E-state index in [4.69, 9.17) is 30.8 Å². The van der Waals surface area contributed by atoms with E-state index in [1.165, 1.54) is 5.56 Å². The van der Waals surface area contributed by atoms with Crippen molar-refractivity contribution in [3.05, 3.63) is 34.9 Å². The van der Waals surface area contributed by atoms with E-state index in [2.05, 4.69) is 28.5 Å². The summed E-state index contributed by atoms with van der Waals surface area (Å²) in [5, 5.41) is 7.47. The van der Waals surface area contributed by atoms with Gasteiger partial charge in [0.05, 0.1) is 39.0 Å². The Balaban J connectivity index is 1.94. The van der Waals surface area contributed by atoms with Crippen LogP contribution in [0, 0.1) is 0 Å². The van der Waals surface area contributed by atoms with Crippen LogP contribution in [0.4, 0.5) is 0 Å². The molecule has 1 unspecified atom stereocenters. The SMILES string of the molecule is CCNC(=NCC(c1cccc(Cl)c1)N1CCOCC1)NCCCOCCOC. The number of guanidine groups is 1. The van der Waals surface area contributed by atoms with E-state index in [0.29, 0.717) is 26.4 Å². The Morgan fingerprint density at radius 3 is 2.79 bits per heavy atom. The van der Waals surface area contributed by atoms with Crippen molar-refractivity contribution < 1.29 is 14.2 Å². The number of aliphatic imine (C=N–C) groups is 1. The average molecular weight is 427 g/mol. The van der Waals surface area contributed by atoms with Gasteiger partial charge in [0, 0.05) is 44.9 Å². The highest BCUT2D eigenvalue weighted by molar-refractivity contribution is 6.30. The van der Waals surface area contributed by atoms with Crippen molar-refractivity contribution in [3.63, 3.8) is 0 Å². The maximum Gasteiger partial charge on any atom is 0.191 e. The highest BCUT2D eigenvalue weighted by atomic mass is 35.5. The van der Waals surface area contributed by atoms with Crippen LogP contribution in [0.25, 0.3) is 0 Å². The zero-order chi connectivity index (χ0) is 20.7.